The van der Waals surface area contributed by atoms with Gasteiger partial charge in [0, 0.05) is 36.3 Å². The number of hydrogen-bond donors (Lipinski definition) is 3. The molecule has 24 heavy (non-hydrogen) atoms. The van der Waals surface area contributed by atoms with E-state index in [1.807, 2.05) is 12.3 Å². The third-order valence-corrected chi connectivity index (χ3v) is 5.69. The number of aromatic amines is 1. The molecule has 128 valence electrons. The molecule has 2 saturated carbocycles. The van der Waals surface area contributed by atoms with Crippen LogP contribution in [0, 0.1) is 17.8 Å². The standard InChI is InChI=1S/C18H23N3O3/c1-2-24-18(23)13-8-20-17-12(5-6-19-17)16(13)21-15-11-4-3-10(7-11)14(15)9-22/h5-6,8,10-11,14-15,22H,2-4,7,9H2,1H3,(H2,19,20,21)/t10-,11?,14-,15+/m1/s1. The number of pyridine rings is 1. The molecule has 1 unspecified atom stereocenters. The van der Waals surface area contributed by atoms with Gasteiger partial charge in [0.15, 0.2) is 0 Å². The maximum Gasteiger partial charge on any atom is 0.341 e. The maximum absolute atomic E-state index is 12.4. The molecule has 2 fully saturated rings. The molecule has 2 aromatic heterocycles. The van der Waals surface area contributed by atoms with Gasteiger partial charge < -0.3 is 20.1 Å². The molecule has 2 aliphatic rings. The highest BCUT2D eigenvalue weighted by Crippen LogP contribution is 2.49. The number of aromatic nitrogens is 2. The topological polar surface area (TPSA) is 87.2 Å². The second-order valence-electron chi connectivity index (χ2n) is 6.86. The molecular formula is C18H23N3O3. The quantitative estimate of drug-likeness (QED) is 0.734. The van der Waals surface area contributed by atoms with Gasteiger partial charge in [-0.25, -0.2) is 9.78 Å². The van der Waals surface area contributed by atoms with E-state index >= 15 is 0 Å². The molecule has 2 bridgehead atoms. The summed E-state index contributed by atoms with van der Waals surface area (Å²) in [6.07, 6.45) is 6.95. The van der Waals surface area contributed by atoms with Crippen LogP contribution in [-0.4, -0.2) is 40.3 Å². The molecule has 4 rings (SSSR count). The highest BCUT2D eigenvalue weighted by molar-refractivity contribution is 6.04. The first kappa shape index (κ1) is 15.4. The van der Waals surface area contributed by atoms with Crippen LogP contribution in [0.5, 0.6) is 0 Å². The predicted octanol–water partition coefficient (Wildman–Crippen LogP) is 2.56. The van der Waals surface area contributed by atoms with Crippen molar-refractivity contribution >= 4 is 22.7 Å². The zero-order valence-electron chi connectivity index (χ0n) is 13.8. The van der Waals surface area contributed by atoms with Crippen molar-refractivity contribution in [2.75, 3.05) is 18.5 Å². The Bertz CT molecular complexity index is 757. The second kappa shape index (κ2) is 6.09. The summed E-state index contributed by atoms with van der Waals surface area (Å²) < 4.78 is 5.20. The smallest absolute Gasteiger partial charge is 0.341 e. The van der Waals surface area contributed by atoms with E-state index in [4.69, 9.17) is 4.74 Å². The molecule has 6 heteroatoms. The van der Waals surface area contributed by atoms with Crippen molar-refractivity contribution in [2.45, 2.75) is 32.2 Å². The fraction of sp³-hybridized carbons (Fsp3) is 0.556. The van der Waals surface area contributed by atoms with Gasteiger partial charge in [-0.1, -0.05) is 0 Å². The van der Waals surface area contributed by atoms with Crippen molar-refractivity contribution in [1.29, 1.82) is 0 Å². The van der Waals surface area contributed by atoms with Crippen molar-refractivity contribution in [1.82, 2.24) is 9.97 Å². The normalized spacial score (nSPS) is 28.4. The summed E-state index contributed by atoms with van der Waals surface area (Å²) in [5.74, 6) is 1.04. The van der Waals surface area contributed by atoms with Crippen molar-refractivity contribution in [3.8, 4) is 0 Å². The van der Waals surface area contributed by atoms with E-state index in [-0.39, 0.29) is 24.5 Å². The lowest BCUT2D eigenvalue weighted by molar-refractivity contribution is 0.0527. The number of anilines is 1. The molecule has 2 aliphatic carbocycles. The summed E-state index contributed by atoms with van der Waals surface area (Å²) in [6, 6.07) is 2.12. The number of hydrogen-bond acceptors (Lipinski definition) is 5. The molecule has 4 atom stereocenters. The van der Waals surface area contributed by atoms with E-state index in [0.29, 0.717) is 24.0 Å². The molecule has 6 nitrogen and oxygen atoms in total. The summed E-state index contributed by atoms with van der Waals surface area (Å²) in [7, 11) is 0. The van der Waals surface area contributed by atoms with Gasteiger partial charge >= 0.3 is 5.97 Å². The van der Waals surface area contributed by atoms with Crippen LogP contribution in [0.3, 0.4) is 0 Å². The van der Waals surface area contributed by atoms with Gasteiger partial charge in [-0.3, -0.25) is 0 Å². The number of nitrogens with one attached hydrogen (secondary N) is 2. The van der Waals surface area contributed by atoms with Crippen molar-refractivity contribution in [2.24, 2.45) is 17.8 Å². The summed E-state index contributed by atoms with van der Waals surface area (Å²) in [5, 5.41) is 14.3. The van der Waals surface area contributed by atoms with E-state index in [9.17, 15) is 9.90 Å². The molecule has 0 radical (unpaired) electrons. The van der Waals surface area contributed by atoms with E-state index < -0.39 is 0 Å². The third-order valence-electron chi connectivity index (χ3n) is 5.69. The maximum atomic E-state index is 12.4. The van der Waals surface area contributed by atoms with Crippen LogP contribution in [0.25, 0.3) is 11.0 Å². The highest BCUT2D eigenvalue weighted by Gasteiger charge is 2.47. The van der Waals surface area contributed by atoms with Crippen molar-refractivity contribution in [3.05, 3.63) is 24.0 Å². The van der Waals surface area contributed by atoms with E-state index in [1.165, 1.54) is 19.3 Å². The van der Waals surface area contributed by atoms with Crippen LogP contribution in [0.4, 0.5) is 5.69 Å². The molecular weight excluding hydrogens is 306 g/mol. The first-order chi connectivity index (χ1) is 11.7. The largest absolute Gasteiger partial charge is 0.462 e. The van der Waals surface area contributed by atoms with Gasteiger partial charge in [0.2, 0.25) is 0 Å². The SMILES string of the molecule is CCOC(=O)c1cnc2[nH]ccc2c1N[C@H]1C2CC[C@H](C2)[C@H]1CO. The lowest BCUT2D eigenvalue weighted by Crippen LogP contribution is -2.37. The van der Waals surface area contributed by atoms with E-state index in [1.54, 1.807) is 13.1 Å². The first-order valence-electron chi connectivity index (χ1n) is 8.73. The van der Waals surface area contributed by atoms with Gasteiger partial charge in [0.25, 0.3) is 0 Å². The van der Waals surface area contributed by atoms with Gasteiger partial charge in [0.1, 0.15) is 11.2 Å². The molecule has 0 spiro atoms. The Hall–Kier alpha value is -2.08. The summed E-state index contributed by atoms with van der Waals surface area (Å²) in [4.78, 5) is 19.8. The fourth-order valence-electron chi connectivity index (χ4n) is 4.59. The number of nitrogens with zero attached hydrogens (tertiary/aromatic N) is 1. The van der Waals surface area contributed by atoms with Crippen LogP contribution in [0.15, 0.2) is 18.5 Å². The molecule has 3 N–H and O–H groups in total. The van der Waals surface area contributed by atoms with Crippen LogP contribution in [0.1, 0.15) is 36.5 Å². The minimum absolute atomic E-state index is 0.189. The number of rotatable bonds is 5. The zero-order chi connectivity index (χ0) is 16.7. The molecule has 0 saturated heterocycles. The minimum Gasteiger partial charge on any atom is -0.462 e. The fourth-order valence-corrected chi connectivity index (χ4v) is 4.59. The van der Waals surface area contributed by atoms with Crippen LogP contribution >= 0.6 is 0 Å². The lowest BCUT2D eigenvalue weighted by Gasteiger charge is -2.32. The van der Waals surface area contributed by atoms with Gasteiger partial charge in [0.05, 0.1) is 12.3 Å². The van der Waals surface area contributed by atoms with E-state index in [0.717, 1.165) is 16.7 Å². The van der Waals surface area contributed by atoms with Crippen molar-refractivity contribution in [3.63, 3.8) is 0 Å². The second-order valence-corrected chi connectivity index (χ2v) is 6.86. The molecule has 2 heterocycles. The van der Waals surface area contributed by atoms with E-state index in [2.05, 4.69) is 15.3 Å². The Morgan fingerprint density at radius 2 is 2.29 bits per heavy atom. The van der Waals surface area contributed by atoms with Crippen LogP contribution in [-0.2, 0) is 4.74 Å². The average Bonchev–Trinajstić information content (AvgIpc) is 3.30. The Kier molecular flexibility index (Phi) is 3.92. The Morgan fingerprint density at radius 1 is 1.46 bits per heavy atom. The van der Waals surface area contributed by atoms with Crippen LogP contribution < -0.4 is 5.32 Å². The Morgan fingerprint density at radius 3 is 3.08 bits per heavy atom. The molecule has 0 amide bonds. The zero-order valence-corrected chi connectivity index (χ0v) is 13.8. The van der Waals surface area contributed by atoms with Crippen LogP contribution in [0.2, 0.25) is 0 Å². The highest BCUT2D eigenvalue weighted by atomic mass is 16.5. The molecule has 2 aromatic rings. The van der Waals surface area contributed by atoms with Gasteiger partial charge in [-0.15, -0.1) is 0 Å². The summed E-state index contributed by atoms with van der Waals surface area (Å²) in [5.41, 5.74) is 1.98. The lowest BCUT2D eigenvalue weighted by atomic mass is 9.84. The number of aliphatic hydroxyl groups excluding tert-OH is 1. The molecule has 0 aromatic carbocycles. The first-order valence-corrected chi connectivity index (χ1v) is 8.73. The number of carbonyl (C=O) groups excluding carboxylic acids is 1. The monoisotopic (exact) mass is 329 g/mol. The Balaban J connectivity index is 1.73. The van der Waals surface area contributed by atoms with Gasteiger partial charge in [-0.2, -0.15) is 0 Å². The number of esters is 1. The molecule has 0 aliphatic heterocycles. The minimum atomic E-state index is -0.362. The number of aliphatic hydroxyl groups is 1. The Labute approximate surface area is 140 Å². The number of ether oxygens (including phenoxy) is 1. The number of H-pyrrole nitrogens is 1. The number of carbonyl (C=O) groups is 1. The average molecular weight is 329 g/mol. The predicted molar refractivity (Wildman–Crippen MR) is 90.9 cm³/mol. The number of fused-ring (bicyclic) bond motifs is 3. The summed E-state index contributed by atoms with van der Waals surface area (Å²) in [6.45, 7) is 2.32. The third kappa shape index (κ3) is 2.36. The van der Waals surface area contributed by atoms with Crippen molar-refractivity contribution < 1.29 is 14.6 Å². The summed E-state index contributed by atoms with van der Waals surface area (Å²) >= 11 is 0. The van der Waals surface area contributed by atoms with Gasteiger partial charge in [-0.05, 0) is 44.1 Å².